The molecule has 0 unspecified atom stereocenters. The fourth-order valence-corrected chi connectivity index (χ4v) is 5.23. The van der Waals surface area contributed by atoms with Gasteiger partial charge in [-0.05, 0) is 31.5 Å². The minimum atomic E-state index is -3.44. The minimum absolute atomic E-state index is 0.301. The molecule has 2 heterocycles. The first kappa shape index (κ1) is 19.3. The van der Waals surface area contributed by atoms with E-state index < -0.39 is 10.0 Å². The second-order valence-electron chi connectivity index (χ2n) is 7.99. The van der Waals surface area contributed by atoms with Crippen molar-refractivity contribution in [1.82, 2.24) is 13.9 Å². The number of hydrogen-bond donors (Lipinski definition) is 1. The number of likely N-dealkylation sites (tertiary alicyclic amines) is 1. The molecule has 144 valence electrons. The van der Waals surface area contributed by atoms with Crippen LogP contribution in [0.3, 0.4) is 0 Å². The fourth-order valence-electron chi connectivity index (χ4n) is 4.31. The van der Waals surface area contributed by atoms with Gasteiger partial charge < -0.3 is 9.47 Å². The topological polar surface area (TPSA) is 59.6 Å². The standard InChI is InChI=1S/C19H30N4O2S/c1-6-23-18-8-7-16(26(24,25)21(4)5)10-17(18)20-19(23)13-22-11-14(2)9-15(3)12-22/h7-8,10,14-15H,6,9,11-13H2,1-5H3/p+1/t14-,15-/m1/s1. The maximum atomic E-state index is 12.4. The summed E-state index contributed by atoms with van der Waals surface area (Å²) in [6.45, 7) is 10.9. The monoisotopic (exact) mass is 379 g/mol. The zero-order chi connectivity index (χ0) is 19.1. The highest BCUT2D eigenvalue weighted by molar-refractivity contribution is 7.89. The Bertz CT molecular complexity index is 878. The molecule has 1 aliphatic heterocycles. The quantitative estimate of drug-likeness (QED) is 0.854. The van der Waals surface area contributed by atoms with Crippen molar-refractivity contribution in [2.24, 2.45) is 11.8 Å². The molecular formula is C19H31N4O2S+. The largest absolute Gasteiger partial charge is 0.328 e. The van der Waals surface area contributed by atoms with Gasteiger partial charge in [-0.2, -0.15) is 0 Å². The number of sulfonamides is 1. The Morgan fingerprint density at radius 3 is 2.46 bits per heavy atom. The predicted molar refractivity (Wildman–Crippen MR) is 104 cm³/mol. The van der Waals surface area contributed by atoms with Gasteiger partial charge in [0.25, 0.3) is 0 Å². The van der Waals surface area contributed by atoms with Gasteiger partial charge in [-0.3, -0.25) is 0 Å². The third-order valence-corrected chi connectivity index (χ3v) is 7.19. The maximum absolute atomic E-state index is 12.4. The van der Waals surface area contributed by atoms with E-state index in [1.807, 2.05) is 6.07 Å². The molecule has 0 amide bonds. The van der Waals surface area contributed by atoms with Gasteiger partial charge in [-0.1, -0.05) is 13.8 Å². The lowest BCUT2D eigenvalue weighted by atomic mass is 9.92. The number of rotatable bonds is 5. The second kappa shape index (κ2) is 7.29. The molecule has 0 radical (unpaired) electrons. The molecule has 0 aliphatic carbocycles. The van der Waals surface area contributed by atoms with Crippen molar-refractivity contribution in [2.45, 2.75) is 45.2 Å². The molecule has 1 aliphatic rings. The Kier molecular flexibility index (Phi) is 5.42. The van der Waals surface area contributed by atoms with Crippen LogP contribution in [0.2, 0.25) is 0 Å². The fraction of sp³-hybridized carbons (Fsp3) is 0.632. The van der Waals surface area contributed by atoms with Crippen molar-refractivity contribution < 1.29 is 13.3 Å². The Hall–Kier alpha value is -1.44. The highest BCUT2D eigenvalue weighted by atomic mass is 32.2. The van der Waals surface area contributed by atoms with Crippen LogP contribution < -0.4 is 4.90 Å². The molecule has 0 bridgehead atoms. The first-order valence-corrected chi connectivity index (χ1v) is 10.9. The van der Waals surface area contributed by atoms with E-state index in [2.05, 4.69) is 25.3 Å². The highest BCUT2D eigenvalue weighted by Gasteiger charge is 2.27. The van der Waals surface area contributed by atoms with E-state index in [1.54, 1.807) is 31.1 Å². The van der Waals surface area contributed by atoms with E-state index in [9.17, 15) is 8.42 Å². The Morgan fingerprint density at radius 2 is 1.88 bits per heavy atom. The van der Waals surface area contributed by atoms with E-state index in [4.69, 9.17) is 4.98 Å². The van der Waals surface area contributed by atoms with Crippen LogP contribution in [0.15, 0.2) is 23.1 Å². The van der Waals surface area contributed by atoms with Crippen molar-refractivity contribution in [1.29, 1.82) is 0 Å². The molecule has 1 fully saturated rings. The van der Waals surface area contributed by atoms with Crippen LogP contribution in [-0.2, 0) is 23.1 Å². The number of benzene rings is 1. The number of hydrogen-bond acceptors (Lipinski definition) is 3. The summed E-state index contributed by atoms with van der Waals surface area (Å²) in [6.07, 6.45) is 1.31. The van der Waals surface area contributed by atoms with Gasteiger partial charge in [-0.25, -0.2) is 17.7 Å². The van der Waals surface area contributed by atoms with Crippen LogP contribution in [0.1, 0.15) is 33.0 Å². The third kappa shape index (κ3) is 3.66. The van der Waals surface area contributed by atoms with Crippen molar-refractivity contribution in [2.75, 3.05) is 27.2 Å². The summed E-state index contributed by atoms with van der Waals surface area (Å²) in [6, 6.07) is 5.28. The number of aryl methyl sites for hydroxylation is 1. The lowest BCUT2D eigenvalue weighted by Gasteiger charge is -2.31. The number of fused-ring (bicyclic) bond motifs is 1. The van der Waals surface area contributed by atoms with Gasteiger partial charge >= 0.3 is 0 Å². The molecule has 2 aromatic rings. The zero-order valence-electron chi connectivity index (χ0n) is 16.5. The van der Waals surface area contributed by atoms with Gasteiger partial charge in [0.2, 0.25) is 10.0 Å². The molecule has 1 N–H and O–H groups in total. The molecule has 3 rings (SSSR count). The Balaban J connectivity index is 1.96. The average Bonchev–Trinajstić information content (AvgIpc) is 2.89. The molecule has 26 heavy (non-hydrogen) atoms. The summed E-state index contributed by atoms with van der Waals surface area (Å²) in [5.41, 5.74) is 1.78. The molecule has 0 saturated carbocycles. The lowest BCUT2D eigenvalue weighted by Crippen LogP contribution is -3.13. The molecule has 1 saturated heterocycles. The minimum Gasteiger partial charge on any atom is -0.328 e. The van der Waals surface area contributed by atoms with Crippen LogP contribution in [0.4, 0.5) is 0 Å². The van der Waals surface area contributed by atoms with Crippen LogP contribution in [0.5, 0.6) is 0 Å². The van der Waals surface area contributed by atoms with Crippen molar-refractivity contribution in [3.05, 3.63) is 24.0 Å². The van der Waals surface area contributed by atoms with E-state index in [0.717, 1.165) is 41.8 Å². The number of nitrogens with one attached hydrogen (secondary N) is 1. The number of quaternary nitrogens is 1. The van der Waals surface area contributed by atoms with Gasteiger partial charge in [-0.15, -0.1) is 0 Å². The van der Waals surface area contributed by atoms with Crippen LogP contribution in [0, 0.1) is 11.8 Å². The molecule has 7 heteroatoms. The second-order valence-corrected chi connectivity index (χ2v) is 10.1. The summed E-state index contributed by atoms with van der Waals surface area (Å²) in [7, 11) is -0.335. The normalized spacial score (nSPS) is 24.5. The Morgan fingerprint density at radius 1 is 1.23 bits per heavy atom. The van der Waals surface area contributed by atoms with E-state index in [0.29, 0.717) is 4.90 Å². The third-order valence-electron chi connectivity index (χ3n) is 5.38. The molecule has 1 aromatic carbocycles. The van der Waals surface area contributed by atoms with Crippen molar-refractivity contribution >= 4 is 21.1 Å². The lowest BCUT2D eigenvalue weighted by molar-refractivity contribution is -0.926. The average molecular weight is 380 g/mol. The predicted octanol–water partition coefficient (Wildman–Crippen LogP) is 1.37. The van der Waals surface area contributed by atoms with Gasteiger partial charge in [0.1, 0.15) is 6.54 Å². The van der Waals surface area contributed by atoms with Crippen molar-refractivity contribution in [3.8, 4) is 0 Å². The van der Waals surface area contributed by atoms with Crippen LogP contribution in [-0.4, -0.2) is 49.5 Å². The number of nitrogens with zero attached hydrogens (tertiary/aromatic N) is 3. The van der Waals surface area contributed by atoms with E-state index in [1.165, 1.54) is 23.8 Å². The van der Waals surface area contributed by atoms with Gasteiger partial charge in [0.05, 0.1) is 29.0 Å². The smallest absolute Gasteiger partial charge is 0.242 e. The summed E-state index contributed by atoms with van der Waals surface area (Å²) in [5.74, 6) is 2.54. The van der Waals surface area contributed by atoms with Crippen LogP contribution in [0.25, 0.3) is 11.0 Å². The summed E-state index contributed by atoms with van der Waals surface area (Å²) >= 11 is 0. The van der Waals surface area contributed by atoms with Gasteiger partial charge in [0.15, 0.2) is 5.82 Å². The maximum Gasteiger partial charge on any atom is 0.242 e. The number of aromatic nitrogens is 2. The SMILES string of the molecule is CCn1c(C[NH+]2C[C@H](C)C[C@@H](C)C2)nc2cc(S(=O)(=O)N(C)C)ccc21. The molecule has 6 nitrogen and oxygen atoms in total. The van der Waals surface area contributed by atoms with Gasteiger partial charge in [0, 0.05) is 32.5 Å². The summed E-state index contributed by atoms with van der Waals surface area (Å²) < 4.78 is 28.3. The highest BCUT2D eigenvalue weighted by Crippen LogP contribution is 2.22. The Labute approximate surface area is 156 Å². The summed E-state index contributed by atoms with van der Waals surface area (Å²) in [5, 5.41) is 0. The van der Waals surface area contributed by atoms with Crippen LogP contribution >= 0.6 is 0 Å². The van der Waals surface area contributed by atoms with E-state index in [-0.39, 0.29) is 0 Å². The first-order valence-electron chi connectivity index (χ1n) is 9.47. The van der Waals surface area contributed by atoms with E-state index >= 15 is 0 Å². The van der Waals surface area contributed by atoms with Crippen molar-refractivity contribution in [3.63, 3.8) is 0 Å². The molecule has 1 aromatic heterocycles. The summed E-state index contributed by atoms with van der Waals surface area (Å²) in [4.78, 5) is 6.69. The first-order chi connectivity index (χ1) is 12.2. The molecule has 2 atom stereocenters. The molecular weight excluding hydrogens is 348 g/mol. The number of piperidine rings is 1. The molecule has 0 spiro atoms. The number of imidazole rings is 1. The zero-order valence-corrected chi connectivity index (χ0v) is 17.3.